The first-order chi connectivity index (χ1) is 14.7. The van der Waals surface area contributed by atoms with Gasteiger partial charge in [0.05, 0.1) is 17.0 Å². The summed E-state index contributed by atoms with van der Waals surface area (Å²) < 4.78 is 0. The normalized spacial score (nSPS) is 14.7. The number of rotatable bonds is 1. The molecule has 0 bridgehead atoms. The number of aliphatic hydroxyl groups is 1. The van der Waals surface area contributed by atoms with Crippen molar-refractivity contribution in [3.63, 3.8) is 0 Å². The van der Waals surface area contributed by atoms with Crippen molar-refractivity contribution >= 4 is 45.3 Å². The number of allylic oxidation sites excluding steroid dienone is 3. The maximum absolute atomic E-state index is 9.85. The predicted molar refractivity (Wildman–Crippen MR) is 121 cm³/mol. The van der Waals surface area contributed by atoms with Gasteiger partial charge in [-0.05, 0) is 70.1 Å². The fourth-order valence-corrected chi connectivity index (χ4v) is 4.40. The van der Waals surface area contributed by atoms with Crippen LogP contribution in [0.25, 0.3) is 33.8 Å². The summed E-state index contributed by atoms with van der Waals surface area (Å²) in [6.45, 7) is 0. The highest BCUT2D eigenvalue weighted by Crippen LogP contribution is 2.30. The largest absolute Gasteiger partial charge is 0.512 e. The summed E-state index contributed by atoms with van der Waals surface area (Å²) in [7, 11) is 0. The summed E-state index contributed by atoms with van der Waals surface area (Å²) in [6, 6.07) is 17.7. The molecule has 0 amide bonds. The number of aliphatic hydroxyl groups excluding tert-OH is 1. The minimum Gasteiger partial charge on any atom is -0.512 e. The van der Waals surface area contributed by atoms with E-state index in [2.05, 4.69) is 29.2 Å². The van der Waals surface area contributed by atoms with Crippen molar-refractivity contribution in [3.8, 4) is 5.75 Å². The summed E-state index contributed by atoms with van der Waals surface area (Å²) in [5, 5.41) is 25.0. The highest BCUT2D eigenvalue weighted by Gasteiger charge is 2.16. The van der Waals surface area contributed by atoms with Gasteiger partial charge in [-0.15, -0.1) is 0 Å². The van der Waals surface area contributed by atoms with Crippen LogP contribution in [0.15, 0.2) is 78.7 Å². The predicted octanol–water partition coefficient (Wildman–Crippen LogP) is 4.32. The second kappa shape index (κ2) is 6.22. The van der Waals surface area contributed by atoms with Crippen molar-refractivity contribution in [1.82, 2.24) is 4.98 Å². The molecule has 1 aliphatic carbocycles. The average molecular weight is 390 g/mol. The van der Waals surface area contributed by atoms with Gasteiger partial charge >= 0.3 is 0 Å². The van der Waals surface area contributed by atoms with E-state index in [1.54, 1.807) is 18.2 Å². The molecule has 0 unspecified atom stereocenters. The van der Waals surface area contributed by atoms with Crippen LogP contribution in [0, 0.1) is 0 Å². The van der Waals surface area contributed by atoms with E-state index in [1.165, 1.54) is 0 Å². The van der Waals surface area contributed by atoms with E-state index in [0.29, 0.717) is 12.2 Å². The molecule has 2 N–H and O–H groups in total. The lowest BCUT2D eigenvalue weighted by atomic mass is 9.98. The molecule has 3 aromatic carbocycles. The molecular weight excluding hydrogens is 372 g/mol. The van der Waals surface area contributed by atoms with Gasteiger partial charge < -0.3 is 15.1 Å². The third kappa shape index (κ3) is 2.51. The maximum atomic E-state index is 9.85. The van der Waals surface area contributed by atoms with E-state index in [-0.39, 0.29) is 5.75 Å². The molecule has 4 heteroatoms. The molecule has 0 fully saturated rings. The van der Waals surface area contributed by atoms with Crippen molar-refractivity contribution in [3.05, 3.63) is 94.7 Å². The van der Waals surface area contributed by atoms with E-state index in [4.69, 9.17) is 4.98 Å². The summed E-state index contributed by atoms with van der Waals surface area (Å²) in [6.07, 6.45) is 10.5. The third-order valence-corrected chi connectivity index (χ3v) is 5.83. The van der Waals surface area contributed by atoms with Crippen LogP contribution in [0.2, 0.25) is 0 Å². The average Bonchev–Trinajstić information content (AvgIpc) is 2.77. The van der Waals surface area contributed by atoms with Gasteiger partial charge in [0.25, 0.3) is 0 Å². The molecule has 0 atom stereocenters. The lowest BCUT2D eigenvalue weighted by Gasteiger charge is -2.24. The zero-order valence-corrected chi connectivity index (χ0v) is 16.1. The molecule has 0 saturated heterocycles. The molecule has 2 heterocycles. The quantitative estimate of drug-likeness (QED) is 0.476. The first kappa shape index (κ1) is 16.9. The first-order valence-electron chi connectivity index (χ1n) is 9.89. The molecule has 6 rings (SSSR count). The summed E-state index contributed by atoms with van der Waals surface area (Å²) in [5.74, 6) is 1.50. The molecule has 30 heavy (non-hydrogen) atoms. The fourth-order valence-electron chi connectivity index (χ4n) is 4.40. The number of anilines is 2. The van der Waals surface area contributed by atoms with Crippen molar-refractivity contribution in [2.24, 2.45) is 0 Å². The van der Waals surface area contributed by atoms with Crippen molar-refractivity contribution < 1.29 is 10.2 Å². The van der Waals surface area contributed by atoms with Crippen molar-refractivity contribution in [2.45, 2.75) is 6.42 Å². The van der Waals surface area contributed by atoms with Gasteiger partial charge in [0, 0.05) is 23.2 Å². The lowest BCUT2D eigenvalue weighted by Crippen LogP contribution is -2.36. The SMILES string of the molecule is OC1=CC=c2c(ccc3c2=CC=CN3c2ccc3c(ccc4cc(O)ccc43)n2)C1. The number of hydrogen-bond donors (Lipinski definition) is 2. The first-order valence-corrected chi connectivity index (χ1v) is 9.89. The highest BCUT2D eigenvalue weighted by atomic mass is 16.3. The molecular formula is C26H18N2O2. The Hall–Kier alpha value is -4.05. The van der Waals surface area contributed by atoms with Gasteiger partial charge in [-0.3, -0.25) is 0 Å². The van der Waals surface area contributed by atoms with Gasteiger partial charge in [-0.25, -0.2) is 4.98 Å². The topological polar surface area (TPSA) is 56.6 Å². The van der Waals surface area contributed by atoms with Crippen LogP contribution in [-0.4, -0.2) is 15.2 Å². The molecule has 1 aromatic heterocycles. The molecule has 0 saturated carbocycles. The number of benzene rings is 3. The monoisotopic (exact) mass is 390 g/mol. The van der Waals surface area contributed by atoms with Crippen LogP contribution in [0.5, 0.6) is 5.75 Å². The molecule has 2 aliphatic rings. The van der Waals surface area contributed by atoms with Crippen LogP contribution >= 0.6 is 0 Å². The number of phenols is 1. The standard InChI is InChI=1S/C26H18N2O2/c29-18-5-7-20-16(14-18)3-10-24-22(20)9-12-26(27-24)28-13-1-2-23-21-8-6-19(30)15-17(21)4-11-25(23)28/h1-14,29-30H,15H2. The third-order valence-electron chi connectivity index (χ3n) is 5.83. The Morgan fingerprint density at radius 2 is 1.70 bits per heavy atom. The Kier molecular flexibility index (Phi) is 3.50. The van der Waals surface area contributed by atoms with Gasteiger partial charge in [-0.1, -0.05) is 30.4 Å². The van der Waals surface area contributed by atoms with Crippen LogP contribution in [0.4, 0.5) is 11.5 Å². The second-order valence-corrected chi connectivity index (χ2v) is 7.66. The number of nitrogens with zero attached hydrogens (tertiary/aromatic N) is 2. The molecule has 4 nitrogen and oxygen atoms in total. The summed E-state index contributed by atoms with van der Waals surface area (Å²) in [4.78, 5) is 7.03. The van der Waals surface area contributed by atoms with Crippen LogP contribution in [0.3, 0.4) is 0 Å². The molecule has 1 aliphatic heterocycles. The lowest BCUT2D eigenvalue weighted by molar-refractivity contribution is 0.398. The number of hydrogen-bond acceptors (Lipinski definition) is 4. The Labute approximate surface area is 172 Å². The Morgan fingerprint density at radius 3 is 2.63 bits per heavy atom. The highest BCUT2D eigenvalue weighted by molar-refractivity contribution is 6.07. The number of aromatic hydroxyl groups is 1. The zero-order valence-electron chi connectivity index (χ0n) is 16.1. The Morgan fingerprint density at radius 1 is 0.800 bits per heavy atom. The molecule has 0 spiro atoms. The van der Waals surface area contributed by atoms with E-state index in [9.17, 15) is 10.2 Å². The fraction of sp³-hybridized carbons (Fsp3) is 0.0385. The van der Waals surface area contributed by atoms with Crippen molar-refractivity contribution in [2.75, 3.05) is 4.90 Å². The van der Waals surface area contributed by atoms with Gasteiger partial charge in [0.15, 0.2) is 0 Å². The Bertz CT molecular complexity index is 1550. The van der Waals surface area contributed by atoms with E-state index in [1.807, 2.05) is 42.6 Å². The number of aromatic nitrogens is 1. The molecule has 0 radical (unpaired) electrons. The van der Waals surface area contributed by atoms with Gasteiger partial charge in [0.2, 0.25) is 0 Å². The van der Waals surface area contributed by atoms with Crippen molar-refractivity contribution in [1.29, 1.82) is 0 Å². The molecule has 144 valence electrons. The number of phenolic OH excluding ortho intramolecular Hbond substituents is 1. The van der Waals surface area contributed by atoms with E-state index in [0.717, 1.165) is 49.2 Å². The van der Waals surface area contributed by atoms with E-state index < -0.39 is 0 Å². The maximum Gasteiger partial charge on any atom is 0.137 e. The van der Waals surface area contributed by atoms with Gasteiger partial charge in [-0.2, -0.15) is 0 Å². The molecule has 4 aromatic rings. The minimum atomic E-state index is 0.265. The Balaban J connectivity index is 1.52. The van der Waals surface area contributed by atoms with Gasteiger partial charge in [0.1, 0.15) is 11.6 Å². The smallest absolute Gasteiger partial charge is 0.137 e. The summed E-state index contributed by atoms with van der Waals surface area (Å²) >= 11 is 0. The van der Waals surface area contributed by atoms with Crippen LogP contribution in [0.1, 0.15) is 5.56 Å². The zero-order chi connectivity index (χ0) is 20.2. The van der Waals surface area contributed by atoms with Crippen LogP contribution in [-0.2, 0) is 6.42 Å². The summed E-state index contributed by atoms with van der Waals surface area (Å²) in [5.41, 5.74) is 3.11. The van der Waals surface area contributed by atoms with E-state index >= 15 is 0 Å². The second-order valence-electron chi connectivity index (χ2n) is 7.66. The minimum absolute atomic E-state index is 0.265. The van der Waals surface area contributed by atoms with Crippen LogP contribution < -0.4 is 15.3 Å². The number of pyridine rings is 1. The number of fused-ring (bicyclic) bond motifs is 6.